The molecule has 1 saturated heterocycles. The molecule has 2 rings (SSSR count). The Morgan fingerprint density at radius 1 is 1.53 bits per heavy atom. The molecule has 1 N–H and O–H groups in total. The van der Waals surface area contributed by atoms with Crippen molar-refractivity contribution < 1.29 is 13.9 Å². The molecule has 0 aromatic carbocycles. The first-order valence-electron chi connectivity index (χ1n) is 5.29. The van der Waals surface area contributed by atoms with Gasteiger partial charge in [0.25, 0.3) is 5.91 Å². The van der Waals surface area contributed by atoms with E-state index < -0.39 is 0 Å². The lowest BCUT2D eigenvalue weighted by atomic mass is 10.1. The van der Waals surface area contributed by atoms with Gasteiger partial charge in [0.2, 0.25) is 0 Å². The first kappa shape index (κ1) is 10.2. The summed E-state index contributed by atoms with van der Waals surface area (Å²) in [5, 5.41) is 2.80. The summed E-state index contributed by atoms with van der Waals surface area (Å²) in [7, 11) is 0. The highest BCUT2D eigenvalue weighted by Crippen LogP contribution is 2.11. The molecule has 1 aliphatic heterocycles. The third-order valence-corrected chi connectivity index (χ3v) is 2.51. The van der Waals surface area contributed by atoms with Gasteiger partial charge >= 0.3 is 0 Å². The van der Waals surface area contributed by atoms with Crippen molar-refractivity contribution in [2.24, 2.45) is 0 Å². The summed E-state index contributed by atoms with van der Waals surface area (Å²) in [5.74, 6) is 0.181. The smallest absolute Gasteiger partial charge is 0.287 e. The zero-order valence-corrected chi connectivity index (χ0v) is 8.57. The molecule has 1 aromatic rings. The first-order chi connectivity index (χ1) is 7.36. The van der Waals surface area contributed by atoms with Crippen LogP contribution in [0, 0.1) is 0 Å². The number of rotatable bonds is 3. The van der Waals surface area contributed by atoms with Gasteiger partial charge in [-0.15, -0.1) is 0 Å². The van der Waals surface area contributed by atoms with Crippen LogP contribution in [0.5, 0.6) is 0 Å². The Morgan fingerprint density at radius 2 is 2.47 bits per heavy atom. The molecule has 0 aliphatic carbocycles. The van der Waals surface area contributed by atoms with E-state index in [4.69, 9.17) is 9.15 Å². The largest absolute Gasteiger partial charge is 0.459 e. The zero-order valence-electron chi connectivity index (χ0n) is 8.57. The van der Waals surface area contributed by atoms with Gasteiger partial charge < -0.3 is 14.5 Å². The molecule has 4 heteroatoms. The molecule has 0 spiro atoms. The maximum absolute atomic E-state index is 11.5. The standard InChI is InChI=1S/C11H15NO3/c13-11(10-5-3-7-15-10)12-8-9-4-1-2-6-14-9/h3,5,7,9H,1-2,4,6,8H2,(H,12,13). The second kappa shape index (κ2) is 4.98. The van der Waals surface area contributed by atoms with E-state index in [0.29, 0.717) is 12.3 Å². The summed E-state index contributed by atoms with van der Waals surface area (Å²) in [6.07, 6.45) is 4.99. The minimum atomic E-state index is -0.172. The van der Waals surface area contributed by atoms with E-state index in [0.717, 1.165) is 19.4 Å². The van der Waals surface area contributed by atoms with E-state index in [2.05, 4.69) is 5.32 Å². The number of amides is 1. The van der Waals surface area contributed by atoms with Crippen LogP contribution in [0.4, 0.5) is 0 Å². The molecule has 1 amide bonds. The molecule has 2 heterocycles. The summed E-state index contributed by atoms with van der Waals surface area (Å²) < 4.78 is 10.5. The van der Waals surface area contributed by atoms with Crippen molar-refractivity contribution in [2.45, 2.75) is 25.4 Å². The molecule has 15 heavy (non-hydrogen) atoms. The van der Waals surface area contributed by atoms with Gasteiger partial charge in [0.15, 0.2) is 5.76 Å². The molecule has 0 saturated carbocycles. The number of hydrogen-bond donors (Lipinski definition) is 1. The lowest BCUT2D eigenvalue weighted by Crippen LogP contribution is -2.35. The molecule has 82 valence electrons. The summed E-state index contributed by atoms with van der Waals surface area (Å²) in [6.45, 7) is 1.38. The fourth-order valence-corrected chi connectivity index (χ4v) is 1.67. The number of ether oxygens (including phenoxy) is 1. The average molecular weight is 209 g/mol. The quantitative estimate of drug-likeness (QED) is 0.822. The predicted molar refractivity (Wildman–Crippen MR) is 54.6 cm³/mol. The number of hydrogen-bond acceptors (Lipinski definition) is 3. The second-order valence-electron chi connectivity index (χ2n) is 3.68. The van der Waals surface area contributed by atoms with E-state index >= 15 is 0 Å². The van der Waals surface area contributed by atoms with Crippen LogP contribution < -0.4 is 5.32 Å². The molecule has 1 atom stereocenters. The first-order valence-corrected chi connectivity index (χ1v) is 5.29. The second-order valence-corrected chi connectivity index (χ2v) is 3.68. The van der Waals surface area contributed by atoms with E-state index in [1.165, 1.54) is 12.7 Å². The minimum absolute atomic E-state index is 0.165. The highest BCUT2D eigenvalue weighted by molar-refractivity contribution is 5.91. The number of furan rings is 1. The van der Waals surface area contributed by atoms with Crippen molar-refractivity contribution in [2.75, 3.05) is 13.2 Å². The molecule has 4 nitrogen and oxygen atoms in total. The Kier molecular flexibility index (Phi) is 3.40. The van der Waals surface area contributed by atoms with Crippen LogP contribution in [-0.2, 0) is 4.74 Å². The van der Waals surface area contributed by atoms with Crippen molar-refractivity contribution in [1.29, 1.82) is 0 Å². The molecule has 0 bridgehead atoms. The molecule has 1 aliphatic rings. The summed E-state index contributed by atoms with van der Waals surface area (Å²) >= 11 is 0. The van der Waals surface area contributed by atoms with Crippen LogP contribution in [0.25, 0.3) is 0 Å². The van der Waals surface area contributed by atoms with E-state index in [1.807, 2.05) is 0 Å². The number of carbonyl (C=O) groups is 1. The van der Waals surface area contributed by atoms with Crippen LogP contribution in [0.2, 0.25) is 0 Å². The minimum Gasteiger partial charge on any atom is -0.459 e. The van der Waals surface area contributed by atoms with Crippen LogP contribution in [-0.4, -0.2) is 25.2 Å². The van der Waals surface area contributed by atoms with Gasteiger partial charge in [0.1, 0.15) is 0 Å². The van der Waals surface area contributed by atoms with E-state index in [9.17, 15) is 4.79 Å². The van der Waals surface area contributed by atoms with Crippen LogP contribution in [0.1, 0.15) is 29.8 Å². The van der Waals surface area contributed by atoms with Crippen molar-refractivity contribution >= 4 is 5.91 Å². The molecular formula is C11H15NO3. The van der Waals surface area contributed by atoms with Crippen LogP contribution in [0.15, 0.2) is 22.8 Å². The van der Waals surface area contributed by atoms with Crippen molar-refractivity contribution in [3.8, 4) is 0 Å². The topological polar surface area (TPSA) is 51.5 Å². The number of nitrogens with one attached hydrogen (secondary N) is 1. The Bertz CT molecular complexity index is 302. The Labute approximate surface area is 88.6 Å². The van der Waals surface area contributed by atoms with Gasteiger partial charge in [-0.1, -0.05) is 0 Å². The fourth-order valence-electron chi connectivity index (χ4n) is 1.67. The maximum Gasteiger partial charge on any atom is 0.287 e. The highest BCUT2D eigenvalue weighted by atomic mass is 16.5. The van der Waals surface area contributed by atoms with Gasteiger partial charge in [-0.3, -0.25) is 4.79 Å². The van der Waals surface area contributed by atoms with Gasteiger partial charge in [0.05, 0.1) is 12.4 Å². The fraction of sp³-hybridized carbons (Fsp3) is 0.545. The molecular weight excluding hydrogens is 194 g/mol. The van der Waals surface area contributed by atoms with Crippen molar-refractivity contribution in [1.82, 2.24) is 5.32 Å². The van der Waals surface area contributed by atoms with E-state index in [-0.39, 0.29) is 12.0 Å². The van der Waals surface area contributed by atoms with Crippen LogP contribution in [0.3, 0.4) is 0 Å². The summed E-state index contributed by atoms with van der Waals surface area (Å²) in [5.41, 5.74) is 0. The monoisotopic (exact) mass is 209 g/mol. The SMILES string of the molecule is O=C(NCC1CCCCO1)c1ccco1. The van der Waals surface area contributed by atoms with E-state index in [1.54, 1.807) is 12.1 Å². The third-order valence-electron chi connectivity index (χ3n) is 2.51. The van der Waals surface area contributed by atoms with Gasteiger partial charge in [-0.05, 0) is 31.4 Å². The van der Waals surface area contributed by atoms with Crippen LogP contribution >= 0.6 is 0 Å². The zero-order chi connectivity index (χ0) is 10.5. The van der Waals surface area contributed by atoms with Crippen molar-refractivity contribution in [3.05, 3.63) is 24.2 Å². The summed E-state index contributed by atoms with van der Waals surface area (Å²) in [4.78, 5) is 11.5. The molecule has 0 radical (unpaired) electrons. The van der Waals surface area contributed by atoms with Gasteiger partial charge in [0, 0.05) is 13.2 Å². The van der Waals surface area contributed by atoms with Gasteiger partial charge in [-0.25, -0.2) is 0 Å². The Hall–Kier alpha value is -1.29. The highest BCUT2D eigenvalue weighted by Gasteiger charge is 2.15. The lowest BCUT2D eigenvalue weighted by molar-refractivity contribution is 0.0167. The molecule has 1 aromatic heterocycles. The summed E-state index contributed by atoms with van der Waals surface area (Å²) in [6, 6.07) is 3.35. The molecule has 1 fully saturated rings. The average Bonchev–Trinajstić information content (AvgIpc) is 2.81. The Morgan fingerprint density at radius 3 is 3.13 bits per heavy atom. The predicted octanol–water partition coefficient (Wildman–Crippen LogP) is 1.58. The third kappa shape index (κ3) is 2.83. The molecule has 1 unspecified atom stereocenters. The lowest BCUT2D eigenvalue weighted by Gasteiger charge is -2.22. The van der Waals surface area contributed by atoms with Crippen molar-refractivity contribution in [3.63, 3.8) is 0 Å². The number of carbonyl (C=O) groups excluding carboxylic acids is 1. The normalized spacial score (nSPS) is 21.2. The Balaban J connectivity index is 1.75. The maximum atomic E-state index is 11.5. The van der Waals surface area contributed by atoms with Gasteiger partial charge in [-0.2, -0.15) is 0 Å².